The van der Waals surface area contributed by atoms with Gasteiger partial charge in [-0.05, 0) is 122 Å². The van der Waals surface area contributed by atoms with E-state index in [1.54, 1.807) is 24.8 Å². The van der Waals surface area contributed by atoms with Gasteiger partial charge in [-0.3, -0.25) is 19.6 Å². The van der Waals surface area contributed by atoms with Gasteiger partial charge in [0.15, 0.2) is 0 Å². The van der Waals surface area contributed by atoms with Crippen molar-refractivity contribution in [2.24, 2.45) is 0 Å². The third-order valence-corrected chi connectivity index (χ3v) is 12.3. The van der Waals surface area contributed by atoms with E-state index >= 15 is 0 Å². The first-order valence-corrected chi connectivity index (χ1v) is 21.8. The lowest BCUT2D eigenvalue weighted by molar-refractivity contribution is -0.154. The number of benzene rings is 2. The van der Waals surface area contributed by atoms with Crippen LogP contribution in [-0.4, -0.2) is 65.0 Å². The second-order valence-electron chi connectivity index (χ2n) is 12.9. The molecule has 2 atom stereocenters. The van der Waals surface area contributed by atoms with Gasteiger partial charge >= 0.3 is 11.9 Å². The van der Waals surface area contributed by atoms with Gasteiger partial charge in [0.25, 0.3) is 0 Å². The van der Waals surface area contributed by atoms with E-state index in [0.29, 0.717) is 61.4 Å². The van der Waals surface area contributed by atoms with E-state index in [2.05, 4.69) is 19.4 Å². The molecule has 16 heteroatoms. The second-order valence-corrected chi connectivity index (χ2v) is 17.3. The van der Waals surface area contributed by atoms with Crippen molar-refractivity contribution < 1.29 is 35.9 Å². The number of halogens is 2. The Morgan fingerprint density at radius 3 is 1.35 bits per heavy atom. The fourth-order valence-corrected chi connectivity index (χ4v) is 8.28. The van der Waals surface area contributed by atoms with Crippen LogP contribution in [0.2, 0.25) is 10.0 Å². The first kappa shape index (κ1) is 43.8. The van der Waals surface area contributed by atoms with Gasteiger partial charge in [0.05, 0.1) is 23.0 Å². The fourth-order valence-electron chi connectivity index (χ4n) is 5.88. The molecule has 0 aliphatic rings. The van der Waals surface area contributed by atoms with Crippen LogP contribution in [0.3, 0.4) is 0 Å². The normalized spacial score (nSPS) is 12.8. The summed E-state index contributed by atoms with van der Waals surface area (Å²) in [6.07, 6.45) is 11.4. The van der Waals surface area contributed by atoms with Crippen molar-refractivity contribution in [2.75, 3.05) is 26.3 Å². The van der Waals surface area contributed by atoms with E-state index in [1.165, 1.54) is 48.5 Å². The van der Waals surface area contributed by atoms with Gasteiger partial charge < -0.3 is 9.47 Å². The smallest absolute Gasteiger partial charge is 0.317 e. The topological polar surface area (TPSA) is 171 Å². The molecule has 0 fully saturated rings. The molecule has 0 spiro atoms. The zero-order valence-electron chi connectivity index (χ0n) is 30.3. The Balaban J connectivity index is 1.15. The van der Waals surface area contributed by atoms with Crippen LogP contribution in [0.5, 0.6) is 0 Å². The van der Waals surface area contributed by atoms with Crippen molar-refractivity contribution in [1.82, 2.24) is 19.4 Å². The molecule has 0 saturated heterocycles. The number of hydrogen-bond acceptors (Lipinski definition) is 10. The van der Waals surface area contributed by atoms with Crippen molar-refractivity contribution in [3.63, 3.8) is 0 Å². The van der Waals surface area contributed by atoms with Crippen LogP contribution >= 0.6 is 23.2 Å². The molecule has 4 rings (SSSR count). The van der Waals surface area contributed by atoms with Crippen LogP contribution < -0.4 is 9.44 Å². The first-order valence-electron chi connectivity index (χ1n) is 18.0. The molecule has 55 heavy (non-hydrogen) atoms. The van der Waals surface area contributed by atoms with Crippen molar-refractivity contribution >= 4 is 55.2 Å². The molecular weight excluding hydrogens is 787 g/mol. The van der Waals surface area contributed by atoms with Gasteiger partial charge in [-0.15, -0.1) is 0 Å². The number of sulfonamides is 2. The first-order chi connectivity index (χ1) is 26.4. The minimum absolute atomic E-state index is 0.00870. The summed E-state index contributed by atoms with van der Waals surface area (Å²) in [5.41, 5.74) is 1.95. The average Bonchev–Trinajstić information content (AvgIpc) is 3.17. The van der Waals surface area contributed by atoms with Gasteiger partial charge in [0, 0.05) is 47.9 Å². The summed E-state index contributed by atoms with van der Waals surface area (Å²) in [5.74, 6) is -1.35. The number of esters is 2. The molecule has 0 amide bonds. The SMILES string of the molecule is O=C(CC(=O)OCCC(CCCCNS(=O)(=O)c1ccc(Cl)cc1)c1cccnc1)OCCC(CCCCNS(=O)(=O)c1ccc(Cl)cc1)c1cccnc1. The fraction of sp³-hybridized carbons (Fsp3) is 0.385. The number of hydrogen-bond donors (Lipinski definition) is 2. The van der Waals surface area contributed by atoms with E-state index in [1.807, 2.05) is 24.3 Å². The zero-order valence-corrected chi connectivity index (χ0v) is 33.5. The van der Waals surface area contributed by atoms with Crippen LogP contribution in [0.15, 0.2) is 107 Å². The molecule has 2 heterocycles. The highest BCUT2D eigenvalue weighted by Crippen LogP contribution is 2.27. The van der Waals surface area contributed by atoms with E-state index < -0.39 is 38.4 Å². The Kier molecular flexibility index (Phi) is 18.0. The lowest BCUT2D eigenvalue weighted by atomic mass is 9.92. The molecule has 0 radical (unpaired) electrons. The molecular formula is C39H46Cl2N4O8S2. The summed E-state index contributed by atoms with van der Waals surface area (Å²) in [4.78, 5) is 33.8. The van der Waals surface area contributed by atoms with Crippen molar-refractivity contribution in [2.45, 2.75) is 79.4 Å². The van der Waals surface area contributed by atoms with Gasteiger partial charge in [-0.2, -0.15) is 0 Å². The summed E-state index contributed by atoms with van der Waals surface area (Å²) < 4.78 is 66.2. The summed E-state index contributed by atoms with van der Waals surface area (Å²) in [6.45, 7) is 0.711. The summed E-state index contributed by atoms with van der Waals surface area (Å²) in [5, 5.41) is 0.910. The molecule has 0 bridgehead atoms. The molecule has 2 aromatic heterocycles. The monoisotopic (exact) mass is 832 g/mol. The molecule has 296 valence electrons. The van der Waals surface area contributed by atoms with E-state index in [9.17, 15) is 26.4 Å². The molecule has 2 N–H and O–H groups in total. The number of unbranched alkanes of at least 4 members (excludes halogenated alkanes) is 2. The second kappa shape index (κ2) is 22.6. The Morgan fingerprint density at radius 2 is 0.982 bits per heavy atom. The van der Waals surface area contributed by atoms with Gasteiger partial charge in [0.2, 0.25) is 20.0 Å². The minimum Gasteiger partial charge on any atom is -0.465 e. The number of carbonyl (C=O) groups is 2. The molecule has 0 saturated carbocycles. The van der Waals surface area contributed by atoms with Gasteiger partial charge in [-0.1, -0.05) is 48.2 Å². The Labute approximate surface area is 333 Å². The molecule has 2 unspecified atom stereocenters. The number of carbonyl (C=O) groups excluding carboxylic acids is 2. The average molecular weight is 834 g/mol. The zero-order chi connectivity index (χ0) is 39.5. The summed E-state index contributed by atoms with van der Waals surface area (Å²) in [6, 6.07) is 19.5. The maximum absolute atomic E-state index is 12.5. The Morgan fingerprint density at radius 1 is 0.582 bits per heavy atom. The molecule has 0 aliphatic heterocycles. The summed E-state index contributed by atoms with van der Waals surface area (Å²) in [7, 11) is -7.29. The van der Waals surface area contributed by atoms with Crippen LogP contribution in [-0.2, 0) is 39.1 Å². The third-order valence-electron chi connectivity index (χ3n) is 8.85. The highest BCUT2D eigenvalue weighted by molar-refractivity contribution is 7.89. The van der Waals surface area contributed by atoms with E-state index in [-0.39, 0.29) is 47.9 Å². The van der Waals surface area contributed by atoms with Crippen molar-refractivity contribution in [1.29, 1.82) is 0 Å². The Hall–Kier alpha value is -3.92. The lowest BCUT2D eigenvalue weighted by Gasteiger charge is -2.18. The number of pyridine rings is 2. The standard InChI is InChI=1S/C39H46Cl2N4O8S2/c40-34-11-15-36(16-12-34)54(48,49)44-23-3-1-7-30(32-9-5-21-42-28-32)19-25-52-38(46)27-39(47)53-26-20-31(33-10-6-22-43-29-33)8-2-4-24-45-55(50,51)37-17-13-35(41)14-18-37/h5-6,9-18,21-22,28-31,44-45H,1-4,7-8,19-20,23-27H2. The quantitative estimate of drug-likeness (QED) is 0.0418. The highest BCUT2D eigenvalue weighted by atomic mass is 35.5. The lowest BCUT2D eigenvalue weighted by Crippen LogP contribution is -2.24. The number of aromatic nitrogens is 2. The van der Waals surface area contributed by atoms with Gasteiger partial charge in [-0.25, -0.2) is 26.3 Å². The van der Waals surface area contributed by atoms with E-state index in [0.717, 1.165) is 11.1 Å². The predicted molar refractivity (Wildman–Crippen MR) is 211 cm³/mol. The van der Waals surface area contributed by atoms with E-state index in [4.69, 9.17) is 32.7 Å². The largest absolute Gasteiger partial charge is 0.465 e. The van der Waals surface area contributed by atoms with Crippen LogP contribution in [0, 0.1) is 0 Å². The van der Waals surface area contributed by atoms with Crippen molar-refractivity contribution in [3.05, 3.63) is 119 Å². The number of rotatable bonds is 24. The molecule has 12 nitrogen and oxygen atoms in total. The maximum atomic E-state index is 12.5. The molecule has 0 aliphatic carbocycles. The number of nitrogens with one attached hydrogen (secondary N) is 2. The predicted octanol–water partition coefficient (Wildman–Crippen LogP) is 7.21. The Bertz CT molecular complexity index is 1850. The summed E-state index contributed by atoms with van der Waals surface area (Å²) >= 11 is 11.7. The number of nitrogens with zero attached hydrogens (tertiary/aromatic N) is 2. The van der Waals surface area contributed by atoms with Crippen LogP contribution in [0.4, 0.5) is 0 Å². The maximum Gasteiger partial charge on any atom is 0.317 e. The van der Waals surface area contributed by atoms with Crippen LogP contribution in [0.25, 0.3) is 0 Å². The highest BCUT2D eigenvalue weighted by Gasteiger charge is 2.19. The number of ether oxygens (including phenoxy) is 2. The van der Waals surface area contributed by atoms with Crippen LogP contribution in [0.1, 0.15) is 80.8 Å². The molecule has 2 aromatic carbocycles. The van der Waals surface area contributed by atoms with Crippen molar-refractivity contribution in [3.8, 4) is 0 Å². The third kappa shape index (κ3) is 15.6. The molecule has 4 aromatic rings. The van der Waals surface area contributed by atoms with Gasteiger partial charge in [0.1, 0.15) is 6.42 Å². The minimum atomic E-state index is -3.64.